The van der Waals surface area contributed by atoms with Crippen molar-refractivity contribution >= 4 is 5.91 Å². The van der Waals surface area contributed by atoms with Crippen LogP contribution in [0.25, 0.3) is 0 Å². The fraction of sp³-hybridized carbons (Fsp3) is 0.918. The highest BCUT2D eigenvalue weighted by molar-refractivity contribution is 5.80. The summed E-state index contributed by atoms with van der Waals surface area (Å²) >= 11 is 0. The third-order valence-corrected chi connectivity index (χ3v) is 14.4. The molecular weight excluding hydrogens is 827 g/mol. The van der Waals surface area contributed by atoms with E-state index in [0.29, 0.717) is 12.8 Å². The number of aliphatic hydroxyl groups excluding tert-OH is 4. The minimum atomic E-state index is -1.28. The summed E-state index contributed by atoms with van der Waals surface area (Å²) in [5.74, 6) is -0.589. The Bertz CT molecular complexity index is 1020. The summed E-state index contributed by atoms with van der Waals surface area (Å²) in [5, 5.41) is 43.9. The molecule has 4 atom stereocenters. The van der Waals surface area contributed by atoms with Gasteiger partial charge in [-0.15, -0.1) is 0 Å². The average molecular weight is 947 g/mol. The van der Waals surface area contributed by atoms with Gasteiger partial charge in [-0.3, -0.25) is 4.79 Å². The van der Waals surface area contributed by atoms with E-state index in [0.717, 1.165) is 38.5 Å². The van der Waals surface area contributed by atoms with Crippen LogP contribution in [0.1, 0.15) is 328 Å². The summed E-state index contributed by atoms with van der Waals surface area (Å²) in [6.45, 7) is 4.07. The van der Waals surface area contributed by atoms with Gasteiger partial charge in [0.25, 0.3) is 0 Å². The molecule has 4 unspecified atom stereocenters. The first-order chi connectivity index (χ1) is 33.0. The van der Waals surface area contributed by atoms with Crippen LogP contribution in [-0.4, -0.2) is 57.3 Å². The van der Waals surface area contributed by atoms with E-state index in [1.54, 1.807) is 0 Å². The fourth-order valence-electron chi connectivity index (χ4n) is 9.64. The highest BCUT2D eigenvalue weighted by atomic mass is 16.3. The van der Waals surface area contributed by atoms with Crippen LogP contribution in [0, 0.1) is 0 Å². The third-order valence-electron chi connectivity index (χ3n) is 14.4. The van der Waals surface area contributed by atoms with Crippen molar-refractivity contribution in [3.05, 3.63) is 24.3 Å². The van der Waals surface area contributed by atoms with Crippen molar-refractivity contribution in [2.45, 2.75) is 353 Å². The zero-order valence-corrected chi connectivity index (χ0v) is 45.2. The van der Waals surface area contributed by atoms with Gasteiger partial charge < -0.3 is 25.7 Å². The number of rotatable bonds is 56. The van der Waals surface area contributed by atoms with Gasteiger partial charge in [-0.05, 0) is 64.2 Å². The molecule has 67 heavy (non-hydrogen) atoms. The minimum Gasteiger partial charge on any atom is -0.394 e. The Morgan fingerprint density at radius 1 is 0.358 bits per heavy atom. The van der Waals surface area contributed by atoms with E-state index in [-0.39, 0.29) is 0 Å². The molecule has 0 saturated heterocycles. The van der Waals surface area contributed by atoms with Gasteiger partial charge in [-0.2, -0.15) is 0 Å². The van der Waals surface area contributed by atoms with Crippen molar-refractivity contribution in [3.63, 3.8) is 0 Å². The molecular formula is C61H119NO5. The Hall–Kier alpha value is -1.21. The molecule has 0 fully saturated rings. The van der Waals surface area contributed by atoms with Crippen LogP contribution in [-0.2, 0) is 4.79 Å². The monoisotopic (exact) mass is 946 g/mol. The van der Waals surface area contributed by atoms with Gasteiger partial charge in [-0.25, -0.2) is 0 Å². The van der Waals surface area contributed by atoms with Crippen LogP contribution in [0.4, 0.5) is 0 Å². The Morgan fingerprint density at radius 2 is 0.612 bits per heavy atom. The van der Waals surface area contributed by atoms with Crippen LogP contribution in [0.5, 0.6) is 0 Å². The van der Waals surface area contributed by atoms with E-state index >= 15 is 0 Å². The predicted octanol–water partition coefficient (Wildman–Crippen LogP) is 17.8. The Morgan fingerprint density at radius 3 is 0.896 bits per heavy atom. The number of hydrogen-bond donors (Lipinski definition) is 5. The number of carbonyl (C=O) groups is 1. The fourth-order valence-corrected chi connectivity index (χ4v) is 9.64. The first kappa shape index (κ1) is 65.8. The molecule has 0 heterocycles. The SMILES string of the molecule is CCCCCCCCCCCC/C=C/CCCC(O)C(O)C(CO)NC(=O)C(O)CCCCCCCCCCCCCCCCCC/C=C\CCCCCCCCCCCCCCCCCC. The predicted molar refractivity (Wildman–Crippen MR) is 293 cm³/mol. The molecule has 0 aliphatic heterocycles. The number of unbranched alkanes of at least 4 members (excludes halogenated alkanes) is 43. The lowest BCUT2D eigenvalue weighted by Gasteiger charge is -2.27. The summed E-state index contributed by atoms with van der Waals surface area (Å²) in [6, 6.07) is -1.00. The Kier molecular flexibility index (Phi) is 54.7. The molecule has 398 valence electrons. The van der Waals surface area contributed by atoms with Gasteiger partial charge in [0.05, 0.1) is 18.8 Å². The van der Waals surface area contributed by atoms with E-state index in [4.69, 9.17) is 0 Å². The smallest absolute Gasteiger partial charge is 0.249 e. The standard InChI is InChI=1S/C61H119NO5/c1-3-5-7-9-11-13-15-17-19-20-21-22-23-24-25-26-27-28-29-30-31-32-33-34-35-36-37-38-39-41-43-45-47-49-51-53-55-59(65)61(67)62-57(56-63)60(66)58(64)54-52-50-48-46-44-42-40-18-16-14-12-10-8-6-4-2/h28-29,46,48,57-60,63-66H,3-27,30-45,47,49-56H2,1-2H3,(H,62,67)/b29-28-,48-46+. The molecule has 6 nitrogen and oxygen atoms in total. The van der Waals surface area contributed by atoms with Gasteiger partial charge in [-0.1, -0.05) is 289 Å². The number of carbonyl (C=O) groups excluding carboxylic acids is 1. The van der Waals surface area contributed by atoms with Crippen LogP contribution < -0.4 is 5.32 Å². The van der Waals surface area contributed by atoms with Gasteiger partial charge in [0.15, 0.2) is 0 Å². The molecule has 0 bridgehead atoms. The third kappa shape index (κ3) is 49.6. The molecule has 0 aromatic carbocycles. The zero-order valence-electron chi connectivity index (χ0n) is 45.2. The molecule has 6 heteroatoms. The van der Waals surface area contributed by atoms with E-state index in [2.05, 4.69) is 43.5 Å². The minimum absolute atomic E-state index is 0.366. The summed E-state index contributed by atoms with van der Waals surface area (Å²) < 4.78 is 0. The number of hydrogen-bond acceptors (Lipinski definition) is 5. The second-order valence-corrected chi connectivity index (χ2v) is 21.0. The second kappa shape index (κ2) is 55.7. The number of amides is 1. The van der Waals surface area contributed by atoms with E-state index < -0.39 is 36.9 Å². The van der Waals surface area contributed by atoms with Crippen LogP contribution in [0.15, 0.2) is 24.3 Å². The van der Waals surface area contributed by atoms with E-state index in [1.807, 2.05) is 0 Å². The van der Waals surface area contributed by atoms with Crippen molar-refractivity contribution in [2.75, 3.05) is 6.61 Å². The number of nitrogens with one attached hydrogen (secondary N) is 1. The van der Waals surface area contributed by atoms with Crippen molar-refractivity contribution in [1.29, 1.82) is 0 Å². The highest BCUT2D eigenvalue weighted by Crippen LogP contribution is 2.18. The maximum absolute atomic E-state index is 12.6. The quantitative estimate of drug-likeness (QED) is 0.0308. The molecule has 0 saturated carbocycles. The van der Waals surface area contributed by atoms with Crippen LogP contribution in [0.2, 0.25) is 0 Å². The normalized spacial score (nSPS) is 13.8. The van der Waals surface area contributed by atoms with Crippen molar-refractivity contribution in [3.8, 4) is 0 Å². The lowest BCUT2D eigenvalue weighted by atomic mass is 10.00. The maximum atomic E-state index is 12.6. The summed E-state index contributed by atoms with van der Waals surface area (Å²) in [7, 11) is 0. The van der Waals surface area contributed by atoms with Gasteiger partial charge in [0.2, 0.25) is 5.91 Å². The summed E-state index contributed by atoms with van der Waals surface area (Å²) in [5.41, 5.74) is 0. The zero-order chi connectivity index (χ0) is 48.8. The maximum Gasteiger partial charge on any atom is 0.249 e. The number of aliphatic hydroxyl groups is 4. The summed E-state index contributed by atoms with van der Waals surface area (Å²) in [6.07, 6.45) is 68.5. The van der Waals surface area contributed by atoms with Crippen LogP contribution >= 0.6 is 0 Å². The molecule has 5 N–H and O–H groups in total. The van der Waals surface area contributed by atoms with Crippen molar-refractivity contribution in [2.24, 2.45) is 0 Å². The first-order valence-corrected chi connectivity index (χ1v) is 30.2. The molecule has 0 aromatic rings. The molecule has 0 spiro atoms. The molecule has 0 aliphatic rings. The molecule has 1 amide bonds. The Labute approximate surface area is 418 Å². The van der Waals surface area contributed by atoms with Gasteiger partial charge in [0, 0.05) is 0 Å². The lowest BCUT2D eigenvalue weighted by Crippen LogP contribution is -2.53. The number of allylic oxidation sites excluding steroid dienone is 4. The molecule has 0 radical (unpaired) electrons. The van der Waals surface area contributed by atoms with Crippen LogP contribution in [0.3, 0.4) is 0 Å². The Balaban J connectivity index is 3.53. The molecule has 0 aliphatic carbocycles. The first-order valence-electron chi connectivity index (χ1n) is 30.2. The second-order valence-electron chi connectivity index (χ2n) is 21.0. The topological polar surface area (TPSA) is 110 Å². The van der Waals surface area contributed by atoms with Gasteiger partial charge in [0.1, 0.15) is 12.2 Å². The molecule has 0 aromatic heterocycles. The largest absolute Gasteiger partial charge is 0.394 e. The average Bonchev–Trinajstić information content (AvgIpc) is 3.33. The highest BCUT2D eigenvalue weighted by Gasteiger charge is 2.28. The van der Waals surface area contributed by atoms with E-state index in [9.17, 15) is 25.2 Å². The lowest BCUT2D eigenvalue weighted by molar-refractivity contribution is -0.132. The van der Waals surface area contributed by atoms with E-state index in [1.165, 1.54) is 263 Å². The molecule has 0 rings (SSSR count). The van der Waals surface area contributed by atoms with Gasteiger partial charge >= 0.3 is 0 Å². The van der Waals surface area contributed by atoms with Crippen molar-refractivity contribution in [1.82, 2.24) is 5.32 Å². The summed E-state index contributed by atoms with van der Waals surface area (Å²) in [4.78, 5) is 12.6. The van der Waals surface area contributed by atoms with Crippen molar-refractivity contribution < 1.29 is 25.2 Å².